The summed E-state index contributed by atoms with van der Waals surface area (Å²) in [4.78, 5) is 23.6. The summed E-state index contributed by atoms with van der Waals surface area (Å²) in [5.74, 6) is 0.568. The van der Waals surface area contributed by atoms with Gasteiger partial charge in [0.1, 0.15) is 11.9 Å². The van der Waals surface area contributed by atoms with E-state index >= 15 is 0 Å². The van der Waals surface area contributed by atoms with E-state index in [9.17, 15) is 28.4 Å². The molecule has 46 heavy (non-hydrogen) atoms. The van der Waals surface area contributed by atoms with Crippen LogP contribution in [0.15, 0.2) is 53.4 Å². The molecule has 2 N–H and O–H groups in total. The van der Waals surface area contributed by atoms with Crippen LogP contribution in [0.25, 0.3) is 0 Å². The maximum absolute atomic E-state index is 13.8. The highest BCUT2D eigenvalue weighted by molar-refractivity contribution is 7.89. The molecule has 14 heteroatoms. The van der Waals surface area contributed by atoms with E-state index in [4.69, 9.17) is 18.9 Å². The van der Waals surface area contributed by atoms with Crippen LogP contribution >= 0.6 is 0 Å². The fraction of sp³-hybridized carbons (Fsp3) is 0.594. The summed E-state index contributed by atoms with van der Waals surface area (Å²) in [6, 6.07) is 11.0. The lowest BCUT2D eigenvalue weighted by Crippen LogP contribution is -2.51. The molecule has 0 aliphatic carbocycles. The molecule has 2 heterocycles. The van der Waals surface area contributed by atoms with E-state index in [0.29, 0.717) is 31.8 Å². The summed E-state index contributed by atoms with van der Waals surface area (Å²) in [5, 5.41) is 25.5. The fourth-order valence-corrected chi connectivity index (χ4v) is 7.01. The normalized spacial score (nSPS) is 21.4. The molecule has 0 unspecified atom stereocenters. The zero-order valence-electron chi connectivity index (χ0n) is 26.6. The van der Waals surface area contributed by atoms with Crippen LogP contribution < -0.4 is 10.1 Å². The molecule has 0 radical (unpaired) electrons. The van der Waals surface area contributed by atoms with Gasteiger partial charge in [0.25, 0.3) is 5.69 Å². The van der Waals surface area contributed by atoms with Gasteiger partial charge >= 0.3 is 6.09 Å². The number of benzene rings is 2. The van der Waals surface area contributed by atoms with Crippen LogP contribution in [0.5, 0.6) is 5.75 Å². The molecule has 2 aromatic rings. The number of non-ortho nitro benzene ring substituents is 1. The van der Waals surface area contributed by atoms with Gasteiger partial charge in [-0.2, -0.15) is 4.31 Å². The molecular weight excluding hydrogens is 618 g/mol. The molecule has 0 aromatic heterocycles. The largest absolute Gasteiger partial charge is 0.494 e. The van der Waals surface area contributed by atoms with Gasteiger partial charge < -0.3 is 29.4 Å². The molecule has 2 fully saturated rings. The molecule has 4 rings (SSSR count). The summed E-state index contributed by atoms with van der Waals surface area (Å²) in [6.45, 7) is 6.98. The molecule has 0 saturated carbocycles. The van der Waals surface area contributed by atoms with Crippen LogP contribution in [-0.4, -0.2) is 86.3 Å². The molecule has 13 nitrogen and oxygen atoms in total. The van der Waals surface area contributed by atoms with E-state index in [2.05, 4.69) is 12.2 Å². The number of aliphatic hydroxyl groups excluding tert-OH is 1. The Balaban J connectivity index is 1.54. The highest BCUT2D eigenvalue weighted by Crippen LogP contribution is 2.33. The van der Waals surface area contributed by atoms with Gasteiger partial charge in [-0.05, 0) is 55.0 Å². The number of hydrogen-bond acceptors (Lipinski definition) is 10. The number of alkyl carbamates (subject to hydrolysis) is 1. The molecule has 254 valence electrons. The fourth-order valence-electron chi connectivity index (χ4n) is 5.44. The number of nitrogens with one attached hydrogen (secondary N) is 1. The number of fused-ring (bicyclic) bond motifs is 1. The van der Waals surface area contributed by atoms with Gasteiger partial charge in [0.05, 0.1) is 47.7 Å². The summed E-state index contributed by atoms with van der Waals surface area (Å²) < 4.78 is 51.3. The predicted octanol–water partition coefficient (Wildman–Crippen LogP) is 4.27. The van der Waals surface area contributed by atoms with Crippen LogP contribution in [0.1, 0.15) is 52.0 Å². The Kier molecular flexibility index (Phi) is 12.8. The first-order valence-corrected chi connectivity index (χ1v) is 17.3. The SMILES string of the molecule is CCCCOc1ccc(C[C@H](NC(=O)O[C@H]2CO[C@H]3OCC[C@H]32)[C@H](O)CN(C[C@@H](C)CC)S(=O)(=O)c2ccc([N+](=O)[O-])cc2)cc1. The summed E-state index contributed by atoms with van der Waals surface area (Å²) in [6.07, 6.45) is 0.488. The maximum atomic E-state index is 13.8. The van der Waals surface area contributed by atoms with E-state index in [0.717, 1.165) is 30.5 Å². The second-order valence-corrected chi connectivity index (χ2v) is 13.9. The van der Waals surface area contributed by atoms with Crippen molar-refractivity contribution in [3.63, 3.8) is 0 Å². The highest BCUT2D eigenvalue weighted by Gasteiger charge is 2.44. The predicted molar refractivity (Wildman–Crippen MR) is 169 cm³/mol. The number of aliphatic hydroxyl groups is 1. The van der Waals surface area contributed by atoms with E-state index < -0.39 is 45.6 Å². The zero-order chi connectivity index (χ0) is 33.3. The minimum atomic E-state index is -4.16. The Morgan fingerprint density at radius 1 is 1.13 bits per heavy atom. The molecule has 2 aliphatic rings. The van der Waals surface area contributed by atoms with E-state index in [1.807, 2.05) is 38.1 Å². The molecule has 2 aliphatic heterocycles. The van der Waals surface area contributed by atoms with Crippen molar-refractivity contribution >= 4 is 21.8 Å². The van der Waals surface area contributed by atoms with Crippen molar-refractivity contribution < 1.29 is 42.2 Å². The lowest BCUT2D eigenvalue weighted by molar-refractivity contribution is -0.384. The molecule has 2 saturated heterocycles. The third-order valence-corrected chi connectivity index (χ3v) is 10.3. The van der Waals surface area contributed by atoms with Crippen molar-refractivity contribution in [3.8, 4) is 5.75 Å². The lowest BCUT2D eigenvalue weighted by atomic mass is 10.0. The van der Waals surface area contributed by atoms with Crippen LogP contribution in [0.3, 0.4) is 0 Å². The molecule has 1 amide bonds. The van der Waals surface area contributed by atoms with Crippen molar-refractivity contribution in [2.45, 2.75) is 82.3 Å². The third-order valence-electron chi connectivity index (χ3n) is 8.45. The molecule has 6 atom stereocenters. The number of ether oxygens (including phenoxy) is 4. The third kappa shape index (κ3) is 9.38. The Morgan fingerprint density at radius 3 is 2.50 bits per heavy atom. The molecular formula is C32H45N3O10S. The number of unbranched alkanes of at least 4 members (excludes halogenated alkanes) is 1. The molecule has 2 aromatic carbocycles. The van der Waals surface area contributed by atoms with Gasteiger partial charge in [-0.15, -0.1) is 0 Å². The van der Waals surface area contributed by atoms with Crippen molar-refractivity contribution in [1.29, 1.82) is 0 Å². The number of rotatable bonds is 17. The van der Waals surface area contributed by atoms with E-state index in [1.54, 1.807) is 0 Å². The van der Waals surface area contributed by atoms with Gasteiger partial charge in [-0.1, -0.05) is 45.7 Å². The number of nitro groups is 1. The number of nitrogens with zero attached hydrogens (tertiary/aromatic N) is 2. The van der Waals surface area contributed by atoms with E-state index in [1.165, 1.54) is 16.4 Å². The maximum Gasteiger partial charge on any atom is 0.407 e. The topological polar surface area (TPSA) is 167 Å². The van der Waals surface area contributed by atoms with Crippen molar-refractivity contribution in [2.75, 3.05) is 32.9 Å². The van der Waals surface area contributed by atoms with Crippen LogP contribution in [0, 0.1) is 22.0 Å². The second kappa shape index (κ2) is 16.5. The van der Waals surface area contributed by atoms with Crippen molar-refractivity contribution in [1.82, 2.24) is 9.62 Å². The quantitative estimate of drug-likeness (QED) is 0.142. The monoisotopic (exact) mass is 663 g/mol. The Bertz CT molecular complexity index is 1390. The number of amides is 1. The number of carbonyl (C=O) groups excluding carboxylic acids is 1. The summed E-state index contributed by atoms with van der Waals surface area (Å²) in [7, 11) is -4.16. The minimum absolute atomic E-state index is 0.0550. The first-order chi connectivity index (χ1) is 22.0. The second-order valence-electron chi connectivity index (χ2n) is 11.9. The van der Waals surface area contributed by atoms with Crippen LogP contribution in [0.4, 0.5) is 10.5 Å². The standard InChI is InChI=1S/C32H45N3O10S/c1-4-6-16-42-25-11-7-23(8-12-25)18-28(33-32(37)45-30-21-44-31-27(30)15-17-43-31)29(36)20-34(19-22(3)5-2)46(40,41)26-13-9-24(10-14-26)35(38)39/h7-14,22,27-31,36H,4-6,15-21H2,1-3H3,(H,33,37)/t22-,27-,28-,29+,30-,31+/m0/s1. The number of sulfonamides is 1. The zero-order valence-corrected chi connectivity index (χ0v) is 27.4. The average Bonchev–Trinajstić information content (AvgIpc) is 3.66. The summed E-state index contributed by atoms with van der Waals surface area (Å²) >= 11 is 0. The smallest absolute Gasteiger partial charge is 0.407 e. The Labute approximate surface area is 270 Å². The van der Waals surface area contributed by atoms with Crippen LogP contribution in [-0.2, 0) is 30.7 Å². The number of nitro benzene ring substituents is 1. The number of hydrogen-bond donors (Lipinski definition) is 2. The first-order valence-electron chi connectivity index (χ1n) is 15.9. The Hall–Kier alpha value is -3.30. The highest BCUT2D eigenvalue weighted by atomic mass is 32.2. The van der Waals surface area contributed by atoms with Crippen molar-refractivity contribution in [3.05, 3.63) is 64.2 Å². The Morgan fingerprint density at radius 2 is 1.85 bits per heavy atom. The van der Waals surface area contributed by atoms with E-state index in [-0.39, 0.29) is 48.5 Å². The minimum Gasteiger partial charge on any atom is -0.494 e. The van der Waals surface area contributed by atoms with Crippen molar-refractivity contribution in [2.24, 2.45) is 11.8 Å². The van der Waals surface area contributed by atoms with Gasteiger partial charge in [0, 0.05) is 25.2 Å². The van der Waals surface area contributed by atoms with Crippen LogP contribution in [0.2, 0.25) is 0 Å². The summed E-state index contributed by atoms with van der Waals surface area (Å²) in [5.41, 5.74) is 0.549. The van der Waals surface area contributed by atoms with Gasteiger partial charge in [-0.3, -0.25) is 10.1 Å². The van der Waals surface area contributed by atoms with Gasteiger partial charge in [0.2, 0.25) is 10.0 Å². The average molecular weight is 664 g/mol. The van der Waals surface area contributed by atoms with Gasteiger partial charge in [0.15, 0.2) is 6.29 Å². The number of carbonyl (C=O) groups is 1. The first kappa shape index (κ1) is 35.6. The molecule has 0 spiro atoms. The molecule has 0 bridgehead atoms. The van der Waals surface area contributed by atoms with Gasteiger partial charge in [-0.25, -0.2) is 13.2 Å². The lowest BCUT2D eigenvalue weighted by Gasteiger charge is -2.31.